The van der Waals surface area contributed by atoms with E-state index in [9.17, 15) is 0 Å². The van der Waals surface area contributed by atoms with Gasteiger partial charge in [0.1, 0.15) is 0 Å². The fraction of sp³-hybridized carbons (Fsp3) is 0.692. The molecule has 0 heteroatoms. The van der Waals surface area contributed by atoms with Gasteiger partial charge in [0.25, 0.3) is 0 Å². The van der Waals surface area contributed by atoms with Gasteiger partial charge < -0.3 is 0 Å². The van der Waals surface area contributed by atoms with Crippen LogP contribution >= 0.6 is 0 Å². The highest BCUT2D eigenvalue weighted by molar-refractivity contribution is 5.26. The first-order valence-corrected chi connectivity index (χ1v) is 11.5. The molecule has 144 valence electrons. The molecule has 0 aliphatic heterocycles. The van der Waals surface area contributed by atoms with E-state index in [0.29, 0.717) is 0 Å². The molecule has 0 bridgehead atoms. The van der Waals surface area contributed by atoms with Crippen LogP contribution in [0.4, 0.5) is 0 Å². The Labute approximate surface area is 162 Å². The van der Waals surface area contributed by atoms with Gasteiger partial charge in [-0.15, -0.1) is 0 Å². The number of hydrogen-bond donors (Lipinski definition) is 0. The molecule has 0 amide bonds. The van der Waals surface area contributed by atoms with Gasteiger partial charge in [-0.3, -0.25) is 0 Å². The summed E-state index contributed by atoms with van der Waals surface area (Å²) >= 11 is 0. The third-order valence-corrected chi connectivity index (χ3v) is 7.30. The van der Waals surface area contributed by atoms with Gasteiger partial charge in [-0.2, -0.15) is 0 Å². The molecule has 2 saturated carbocycles. The molecule has 0 radical (unpaired) electrons. The van der Waals surface area contributed by atoms with Crippen LogP contribution < -0.4 is 0 Å². The molecule has 0 aromatic heterocycles. The van der Waals surface area contributed by atoms with E-state index >= 15 is 0 Å². The van der Waals surface area contributed by atoms with Gasteiger partial charge in [-0.1, -0.05) is 62.6 Å². The predicted octanol–water partition coefficient (Wildman–Crippen LogP) is 8.08. The lowest BCUT2D eigenvalue weighted by Gasteiger charge is -2.38. The minimum atomic E-state index is 0.832. The van der Waals surface area contributed by atoms with E-state index in [1.165, 1.54) is 82.6 Å². The van der Waals surface area contributed by atoms with E-state index in [-0.39, 0.29) is 0 Å². The second-order valence-electron chi connectivity index (χ2n) is 9.03. The Morgan fingerprint density at radius 2 is 1.46 bits per heavy atom. The summed E-state index contributed by atoms with van der Waals surface area (Å²) in [5, 5.41) is 0. The first-order chi connectivity index (χ1) is 12.8. The average Bonchev–Trinajstić information content (AvgIpc) is 2.70. The molecule has 2 fully saturated rings. The van der Waals surface area contributed by atoms with Gasteiger partial charge in [-0.25, -0.2) is 0 Å². The average molecular weight is 353 g/mol. The van der Waals surface area contributed by atoms with Crippen molar-refractivity contribution in [3.05, 3.63) is 47.5 Å². The molecule has 0 nitrogen and oxygen atoms in total. The Morgan fingerprint density at radius 1 is 0.846 bits per heavy atom. The van der Waals surface area contributed by atoms with Gasteiger partial charge in [0, 0.05) is 0 Å². The van der Waals surface area contributed by atoms with Crippen molar-refractivity contribution in [2.24, 2.45) is 17.8 Å². The van der Waals surface area contributed by atoms with Crippen molar-refractivity contribution in [3.63, 3.8) is 0 Å². The molecule has 0 N–H and O–H groups in total. The summed E-state index contributed by atoms with van der Waals surface area (Å²) in [6.07, 6.45) is 21.6. The largest absolute Gasteiger partial charge is 0.0917 e. The van der Waals surface area contributed by atoms with Crippen molar-refractivity contribution < 1.29 is 0 Å². The lowest BCUT2D eigenvalue weighted by atomic mass is 9.68. The molecule has 0 saturated heterocycles. The SMILES string of the molecule is CC=CCCC1CCC(C2CCC(c3ccc(CCC)cc3)CC2)CC1. The lowest BCUT2D eigenvalue weighted by Crippen LogP contribution is -2.25. The molecule has 1 aromatic rings. The zero-order chi connectivity index (χ0) is 18.2. The number of rotatable bonds is 7. The fourth-order valence-electron chi connectivity index (χ4n) is 5.62. The maximum atomic E-state index is 2.42. The summed E-state index contributed by atoms with van der Waals surface area (Å²) < 4.78 is 0. The second-order valence-corrected chi connectivity index (χ2v) is 9.03. The van der Waals surface area contributed by atoms with Crippen LogP contribution in [0.5, 0.6) is 0 Å². The summed E-state index contributed by atoms with van der Waals surface area (Å²) in [5.41, 5.74) is 3.12. The molecule has 26 heavy (non-hydrogen) atoms. The van der Waals surface area contributed by atoms with Gasteiger partial charge in [0.05, 0.1) is 0 Å². The summed E-state index contributed by atoms with van der Waals surface area (Å²) in [7, 11) is 0. The molecule has 0 unspecified atom stereocenters. The molecule has 2 aliphatic rings. The van der Waals surface area contributed by atoms with Crippen LogP contribution in [0.2, 0.25) is 0 Å². The maximum Gasteiger partial charge on any atom is -0.0162 e. The van der Waals surface area contributed by atoms with Crippen LogP contribution in [0.3, 0.4) is 0 Å². The van der Waals surface area contributed by atoms with Gasteiger partial charge in [0.15, 0.2) is 0 Å². The van der Waals surface area contributed by atoms with Crippen LogP contribution in [-0.2, 0) is 6.42 Å². The smallest absolute Gasteiger partial charge is 0.0162 e. The van der Waals surface area contributed by atoms with Crippen LogP contribution in [0.1, 0.15) is 102 Å². The van der Waals surface area contributed by atoms with Gasteiger partial charge in [-0.05, 0) is 99.5 Å². The number of aryl methyl sites for hydroxylation is 1. The van der Waals surface area contributed by atoms with Crippen LogP contribution in [0.25, 0.3) is 0 Å². The zero-order valence-electron chi connectivity index (χ0n) is 17.3. The lowest BCUT2D eigenvalue weighted by molar-refractivity contribution is 0.157. The van der Waals surface area contributed by atoms with Crippen molar-refractivity contribution in [2.75, 3.05) is 0 Å². The Morgan fingerprint density at radius 3 is 2.04 bits per heavy atom. The maximum absolute atomic E-state index is 2.42. The van der Waals surface area contributed by atoms with Crippen molar-refractivity contribution in [3.8, 4) is 0 Å². The first kappa shape index (κ1) is 19.7. The van der Waals surface area contributed by atoms with E-state index < -0.39 is 0 Å². The van der Waals surface area contributed by atoms with E-state index in [0.717, 1.165) is 23.7 Å². The quantitative estimate of drug-likeness (QED) is 0.435. The highest BCUT2D eigenvalue weighted by Gasteiger charge is 2.31. The first-order valence-electron chi connectivity index (χ1n) is 11.5. The summed E-state index contributed by atoms with van der Waals surface area (Å²) in [4.78, 5) is 0. The van der Waals surface area contributed by atoms with E-state index in [1.54, 1.807) is 5.56 Å². The van der Waals surface area contributed by atoms with Crippen molar-refractivity contribution >= 4 is 0 Å². The molecule has 0 atom stereocenters. The number of benzene rings is 1. The van der Waals surface area contributed by atoms with Crippen LogP contribution in [0.15, 0.2) is 36.4 Å². The minimum absolute atomic E-state index is 0.832. The molecular weight excluding hydrogens is 312 g/mol. The van der Waals surface area contributed by atoms with Crippen molar-refractivity contribution in [2.45, 2.75) is 96.8 Å². The molecule has 2 aliphatic carbocycles. The summed E-state index contributed by atoms with van der Waals surface area (Å²) in [6.45, 7) is 4.41. The highest BCUT2D eigenvalue weighted by atomic mass is 14.4. The molecular formula is C26H40. The van der Waals surface area contributed by atoms with Crippen molar-refractivity contribution in [1.29, 1.82) is 0 Å². The molecule has 0 spiro atoms. The zero-order valence-corrected chi connectivity index (χ0v) is 17.3. The Balaban J connectivity index is 1.41. The highest BCUT2D eigenvalue weighted by Crippen LogP contribution is 2.44. The number of allylic oxidation sites excluding steroid dienone is 2. The van der Waals surface area contributed by atoms with Crippen LogP contribution in [-0.4, -0.2) is 0 Å². The Hall–Kier alpha value is -1.04. The standard InChI is InChI=1S/C26H40/c1-3-5-6-8-22-11-15-24(16-12-22)26-19-17-25(18-20-26)23-13-9-21(7-4-2)10-14-23/h3,5,9-10,13-14,22,24-26H,4,6-8,11-12,15-20H2,1-2H3. The number of hydrogen-bond acceptors (Lipinski definition) is 0. The summed E-state index contributed by atoms with van der Waals surface area (Å²) in [5.74, 6) is 3.92. The van der Waals surface area contributed by atoms with E-state index in [4.69, 9.17) is 0 Å². The third-order valence-electron chi connectivity index (χ3n) is 7.30. The monoisotopic (exact) mass is 352 g/mol. The molecule has 0 heterocycles. The third kappa shape index (κ3) is 5.48. The summed E-state index contributed by atoms with van der Waals surface area (Å²) in [6, 6.07) is 9.59. The fourth-order valence-corrected chi connectivity index (χ4v) is 5.62. The second kappa shape index (κ2) is 10.3. The Bertz CT molecular complexity index is 522. The minimum Gasteiger partial charge on any atom is -0.0917 e. The molecule has 3 rings (SSSR count). The Kier molecular flexibility index (Phi) is 7.84. The van der Waals surface area contributed by atoms with Gasteiger partial charge >= 0.3 is 0 Å². The predicted molar refractivity (Wildman–Crippen MR) is 115 cm³/mol. The van der Waals surface area contributed by atoms with Gasteiger partial charge in [0.2, 0.25) is 0 Å². The topological polar surface area (TPSA) is 0 Å². The normalized spacial score (nSPS) is 29.9. The van der Waals surface area contributed by atoms with Crippen molar-refractivity contribution in [1.82, 2.24) is 0 Å². The molecule has 1 aromatic carbocycles. The van der Waals surface area contributed by atoms with Crippen LogP contribution in [0, 0.1) is 17.8 Å². The van der Waals surface area contributed by atoms with E-state index in [2.05, 4.69) is 50.3 Å². The van der Waals surface area contributed by atoms with E-state index in [1.807, 2.05) is 0 Å².